The molecule has 1 aromatic heterocycles. The first-order valence-electron chi connectivity index (χ1n) is 7.52. The molecule has 0 bridgehead atoms. The minimum absolute atomic E-state index is 0.281. The van der Waals surface area contributed by atoms with Crippen molar-refractivity contribution < 1.29 is 4.74 Å². The summed E-state index contributed by atoms with van der Waals surface area (Å²) in [6.07, 6.45) is 3.91. The van der Waals surface area contributed by atoms with Crippen LogP contribution in [0.3, 0.4) is 0 Å². The highest BCUT2D eigenvalue weighted by Crippen LogP contribution is 2.25. The number of pyridine rings is 1. The molecule has 1 N–H and O–H groups in total. The van der Waals surface area contributed by atoms with Gasteiger partial charge in [0, 0.05) is 17.9 Å². The predicted octanol–water partition coefficient (Wildman–Crippen LogP) is 3.68. The van der Waals surface area contributed by atoms with Gasteiger partial charge in [0.15, 0.2) is 0 Å². The quantitative estimate of drug-likeness (QED) is 0.842. The van der Waals surface area contributed by atoms with Gasteiger partial charge in [0.05, 0.1) is 7.11 Å². The maximum atomic E-state index is 5.47. The van der Waals surface area contributed by atoms with E-state index in [2.05, 4.69) is 41.5 Å². The molecule has 0 saturated heterocycles. The van der Waals surface area contributed by atoms with Crippen molar-refractivity contribution in [3.8, 4) is 5.75 Å². The summed E-state index contributed by atoms with van der Waals surface area (Å²) in [6, 6.07) is 12.7. The number of para-hydroxylation sites is 1. The first kappa shape index (κ1) is 15.5. The zero-order chi connectivity index (χ0) is 15.1. The van der Waals surface area contributed by atoms with Gasteiger partial charge in [-0.25, -0.2) is 0 Å². The molecular formula is C18H24N2O. The Morgan fingerprint density at radius 2 is 2.05 bits per heavy atom. The minimum Gasteiger partial charge on any atom is -0.496 e. The summed E-state index contributed by atoms with van der Waals surface area (Å²) in [5.74, 6) is 0.951. The highest BCUT2D eigenvalue weighted by atomic mass is 16.5. The van der Waals surface area contributed by atoms with Crippen molar-refractivity contribution in [1.29, 1.82) is 0 Å². The van der Waals surface area contributed by atoms with Gasteiger partial charge in [-0.15, -0.1) is 0 Å². The monoisotopic (exact) mass is 284 g/mol. The van der Waals surface area contributed by atoms with E-state index in [-0.39, 0.29) is 6.04 Å². The molecule has 3 nitrogen and oxygen atoms in total. The van der Waals surface area contributed by atoms with Crippen LogP contribution in [0.15, 0.2) is 42.6 Å². The molecule has 2 rings (SSSR count). The van der Waals surface area contributed by atoms with E-state index in [1.807, 2.05) is 25.3 Å². The third kappa shape index (κ3) is 4.30. The predicted molar refractivity (Wildman–Crippen MR) is 86.7 cm³/mol. The molecule has 0 aliphatic carbocycles. The van der Waals surface area contributed by atoms with Crippen molar-refractivity contribution in [2.45, 2.75) is 32.7 Å². The normalized spacial score (nSPS) is 12.1. The molecule has 112 valence electrons. The lowest BCUT2D eigenvalue weighted by Gasteiger charge is -2.20. The van der Waals surface area contributed by atoms with Crippen LogP contribution >= 0.6 is 0 Å². The second-order valence-corrected chi connectivity index (χ2v) is 5.25. The van der Waals surface area contributed by atoms with Crippen molar-refractivity contribution in [2.24, 2.45) is 0 Å². The van der Waals surface area contributed by atoms with E-state index in [0.29, 0.717) is 0 Å². The lowest BCUT2D eigenvalue weighted by molar-refractivity contribution is 0.405. The molecule has 1 atom stereocenters. The van der Waals surface area contributed by atoms with Crippen molar-refractivity contribution in [3.63, 3.8) is 0 Å². The zero-order valence-corrected chi connectivity index (χ0v) is 13.1. The maximum Gasteiger partial charge on any atom is 0.122 e. The number of hydrogen-bond acceptors (Lipinski definition) is 3. The van der Waals surface area contributed by atoms with Gasteiger partial charge in [0.2, 0.25) is 0 Å². The van der Waals surface area contributed by atoms with Crippen LogP contribution in [-0.2, 0) is 6.42 Å². The van der Waals surface area contributed by atoms with E-state index >= 15 is 0 Å². The number of aryl methyl sites for hydroxylation is 1. The molecule has 1 heterocycles. The smallest absolute Gasteiger partial charge is 0.122 e. The van der Waals surface area contributed by atoms with Gasteiger partial charge >= 0.3 is 0 Å². The van der Waals surface area contributed by atoms with Crippen LogP contribution in [-0.4, -0.2) is 18.6 Å². The van der Waals surface area contributed by atoms with E-state index in [4.69, 9.17) is 4.74 Å². The van der Waals surface area contributed by atoms with Gasteiger partial charge < -0.3 is 10.1 Å². The number of benzene rings is 1. The summed E-state index contributed by atoms with van der Waals surface area (Å²) < 4.78 is 5.47. The number of rotatable bonds is 7. The van der Waals surface area contributed by atoms with Crippen molar-refractivity contribution in [3.05, 3.63) is 59.4 Å². The minimum atomic E-state index is 0.281. The lowest BCUT2D eigenvalue weighted by atomic mass is 9.98. The molecule has 0 fully saturated rings. The zero-order valence-electron chi connectivity index (χ0n) is 13.1. The Morgan fingerprint density at radius 3 is 2.76 bits per heavy atom. The standard InChI is InChI=1S/C18H24N2O/c1-4-10-20-17(15-9-11-19-14(2)12-15)13-16-7-5-6-8-18(16)21-3/h5-9,11-12,17,20H,4,10,13H2,1-3H3. The van der Waals surface area contributed by atoms with E-state index in [0.717, 1.165) is 30.8 Å². The summed E-state index contributed by atoms with van der Waals surface area (Å²) in [4.78, 5) is 4.29. The summed E-state index contributed by atoms with van der Waals surface area (Å²) in [5, 5.41) is 3.63. The Hall–Kier alpha value is -1.87. The number of nitrogens with zero attached hydrogens (tertiary/aromatic N) is 1. The highest BCUT2D eigenvalue weighted by Gasteiger charge is 2.14. The van der Waals surface area contributed by atoms with Crippen molar-refractivity contribution in [1.82, 2.24) is 10.3 Å². The largest absolute Gasteiger partial charge is 0.496 e. The topological polar surface area (TPSA) is 34.1 Å². The van der Waals surface area contributed by atoms with Crippen LogP contribution in [0.5, 0.6) is 5.75 Å². The molecule has 0 saturated carbocycles. The molecule has 0 amide bonds. The summed E-state index contributed by atoms with van der Waals surface area (Å²) in [6.45, 7) is 5.22. The third-order valence-electron chi connectivity index (χ3n) is 3.58. The fourth-order valence-corrected chi connectivity index (χ4v) is 2.50. The van der Waals surface area contributed by atoms with Gasteiger partial charge in [-0.2, -0.15) is 0 Å². The Kier molecular flexibility index (Phi) is 5.76. The average Bonchev–Trinajstić information content (AvgIpc) is 2.51. The number of aromatic nitrogens is 1. The Morgan fingerprint density at radius 1 is 1.24 bits per heavy atom. The second kappa shape index (κ2) is 7.79. The average molecular weight is 284 g/mol. The summed E-state index contributed by atoms with van der Waals surface area (Å²) in [7, 11) is 1.73. The highest BCUT2D eigenvalue weighted by molar-refractivity contribution is 5.35. The van der Waals surface area contributed by atoms with Crippen LogP contribution in [0.25, 0.3) is 0 Å². The van der Waals surface area contributed by atoms with E-state index in [1.165, 1.54) is 11.1 Å². The molecule has 0 aliphatic rings. The first-order valence-corrected chi connectivity index (χ1v) is 7.52. The van der Waals surface area contributed by atoms with Crippen LogP contribution in [0.4, 0.5) is 0 Å². The van der Waals surface area contributed by atoms with Gasteiger partial charge in [-0.1, -0.05) is 25.1 Å². The van der Waals surface area contributed by atoms with E-state index < -0.39 is 0 Å². The lowest BCUT2D eigenvalue weighted by Crippen LogP contribution is -2.24. The van der Waals surface area contributed by atoms with E-state index in [9.17, 15) is 0 Å². The molecule has 3 heteroatoms. The number of hydrogen-bond donors (Lipinski definition) is 1. The molecule has 0 radical (unpaired) electrons. The van der Waals surface area contributed by atoms with Gasteiger partial charge in [-0.05, 0) is 55.6 Å². The van der Waals surface area contributed by atoms with Crippen LogP contribution in [0, 0.1) is 6.92 Å². The van der Waals surface area contributed by atoms with Crippen LogP contribution < -0.4 is 10.1 Å². The van der Waals surface area contributed by atoms with Gasteiger partial charge in [0.25, 0.3) is 0 Å². The molecule has 21 heavy (non-hydrogen) atoms. The number of ether oxygens (including phenoxy) is 1. The van der Waals surface area contributed by atoms with Crippen LogP contribution in [0.1, 0.15) is 36.2 Å². The Labute approximate surface area is 127 Å². The third-order valence-corrected chi connectivity index (χ3v) is 3.58. The SMILES string of the molecule is CCCNC(Cc1ccccc1OC)c1ccnc(C)c1. The van der Waals surface area contributed by atoms with Gasteiger partial charge in [0.1, 0.15) is 5.75 Å². The Bertz CT molecular complexity index is 569. The van der Waals surface area contributed by atoms with Crippen molar-refractivity contribution in [2.75, 3.05) is 13.7 Å². The van der Waals surface area contributed by atoms with E-state index in [1.54, 1.807) is 7.11 Å². The second-order valence-electron chi connectivity index (χ2n) is 5.25. The first-order chi connectivity index (χ1) is 10.2. The fraction of sp³-hybridized carbons (Fsp3) is 0.389. The number of nitrogens with one attached hydrogen (secondary N) is 1. The van der Waals surface area contributed by atoms with Gasteiger partial charge in [-0.3, -0.25) is 4.98 Å². The molecule has 0 spiro atoms. The summed E-state index contributed by atoms with van der Waals surface area (Å²) >= 11 is 0. The number of methoxy groups -OCH3 is 1. The fourth-order valence-electron chi connectivity index (χ4n) is 2.50. The maximum absolute atomic E-state index is 5.47. The van der Waals surface area contributed by atoms with Crippen LogP contribution in [0.2, 0.25) is 0 Å². The Balaban J connectivity index is 2.24. The molecule has 1 aromatic carbocycles. The molecular weight excluding hydrogens is 260 g/mol. The molecule has 0 aliphatic heterocycles. The molecule has 2 aromatic rings. The molecule has 1 unspecified atom stereocenters. The van der Waals surface area contributed by atoms with Crippen molar-refractivity contribution >= 4 is 0 Å². The summed E-state index contributed by atoms with van der Waals surface area (Å²) in [5.41, 5.74) is 3.56.